The number of rotatable bonds is 2. The molecule has 15 heavy (non-hydrogen) atoms. The lowest BCUT2D eigenvalue weighted by molar-refractivity contribution is 0.537. The first-order valence-corrected chi connectivity index (χ1v) is 4.94. The topological polar surface area (TPSA) is 56.2 Å². The summed E-state index contributed by atoms with van der Waals surface area (Å²) in [5.74, 6) is 0.652. The van der Waals surface area contributed by atoms with Gasteiger partial charge in [0.2, 0.25) is 0 Å². The smallest absolute Gasteiger partial charge is 0.192 e. The first kappa shape index (κ1) is 9.93. The van der Waals surface area contributed by atoms with Gasteiger partial charge in [0.1, 0.15) is 11.3 Å². The van der Waals surface area contributed by atoms with Crippen LogP contribution in [0, 0.1) is 6.92 Å². The van der Waals surface area contributed by atoms with Gasteiger partial charge in [-0.05, 0) is 25.6 Å². The van der Waals surface area contributed by atoms with E-state index in [1.807, 2.05) is 25.1 Å². The molecule has 0 saturated carbocycles. The van der Waals surface area contributed by atoms with Crippen LogP contribution in [0.1, 0.15) is 11.3 Å². The lowest BCUT2D eigenvalue weighted by Crippen LogP contribution is -2.07. The monoisotopic (exact) mass is 203 g/mol. The molecule has 0 aliphatic rings. The Hall–Kier alpha value is -1.61. The zero-order valence-corrected chi connectivity index (χ0v) is 8.62. The van der Waals surface area contributed by atoms with Crippen LogP contribution in [0.25, 0.3) is 11.0 Å². The van der Waals surface area contributed by atoms with Crippen LogP contribution >= 0.6 is 0 Å². The fraction of sp³-hybridized carbons (Fsp3) is 0.250. The minimum Gasteiger partial charge on any atom is -0.461 e. The number of hydrogen-bond acceptors (Lipinski definition) is 3. The van der Waals surface area contributed by atoms with E-state index >= 15 is 0 Å². The highest BCUT2D eigenvalue weighted by Crippen LogP contribution is 2.14. The van der Waals surface area contributed by atoms with Crippen LogP contribution in [0.4, 0.5) is 0 Å². The highest BCUT2D eigenvalue weighted by Gasteiger charge is 2.03. The largest absolute Gasteiger partial charge is 0.461 e. The third-order valence-electron chi connectivity index (χ3n) is 2.32. The number of fused-ring (bicyclic) bond motifs is 1. The fourth-order valence-corrected chi connectivity index (χ4v) is 1.59. The molecule has 2 rings (SSSR count). The van der Waals surface area contributed by atoms with Gasteiger partial charge in [0.25, 0.3) is 0 Å². The van der Waals surface area contributed by atoms with Gasteiger partial charge >= 0.3 is 0 Å². The molecule has 0 fully saturated rings. The third-order valence-corrected chi connectivity index (χ3v) is 2.32. The normalized spacial score (nSPS) is 10.8. The minimum absolute atomic E-state index is 0.00315. The summed E-state index contributed by atoms with van der Waals surface area (Å²) in [5, 5.41) is 0.635. The van der Waals surface area contributed by atoms with Gasteiger partial charge in [0.05, 0.1) is 5.39 Å². The molecular weight excluding hydrogens is 190 g/mol. The minimum atomic E-state index is 0.00315. The van der Waals surface area contributed by atoms with Crippen LogP contribution in [-0.4, -0.2) is 6.54 Å². The van der Waals surface area contributed by atoms with Crippen molar-refractivity contribution in [1.82, 2.24) is 0 Å². The standard InChI is InChI=1S/C12H13NO2/c1-8-2-3-12-10(6-8)11(14)7-9(15-12)4-5-13/h2-3,6-7H,4-5,13H2,1H3. The van der Waals surface area contributed by atoms with E-state index in [0.717, 1.165) is 5.56 Å². The van der Waals surface area contributed by atoms with E-state index in [4.69, 9.17) is 10.2 Å². The van der Waals surface area contributed by atoms with Gasteiger partial charge in [-0.3, -0.25) is 4.79 Å². The number of nitrogens with two attached hydrogens (primary N) is 1. The fourth-order valence-electron chi connectivity index (χ4n) is 1.59. The molecule has 3 nitrogen and oxygen atoms in total. The molecule has 0 unspecified atom stereocenters. The Morgan fingerprint density at radius 1 is 1.33 bits per heavy atom. The summed E-state index contributed by atoms with van der Waals surface area (Å²) in [4.78, 5) is 11.7. The summed E-state index contributed by atoms with van der Waals surface area (Å²) in [6.45, 7) is 2.44. The Bertz CT molecular complexity index is 543. The average molecular weight is 203 g/mol. The number of aryl methyl sites for hydroxylation is 1. The van der Waals surface area contributed by atoms with E-state index in [1.54, 1.807) is 0 Å². The van der Waals surface area contributed by atoms with Crippen molar-refractivity contribution in [2.75, 3.05) is 6.54 Å². The van der Waals surface area contributed by atoms with Crippen LogP contribution in [0.2, 0.25) is 0 Å². The molecule has 0 saturated heterocycles. The maximum Gasteiger partial charge on any atom is 0.192 e. The van der Waals surface area contributed by atoms with Crippen molar-refractivity contribution in [1.29, 1.82) is 0 Å². The van der Waals surface area contributed by atoms with Gasteiger partial charge in [-0.25, -0.2) is 0 Å². The van der Waals surface area contributed by atoms with Crippen LogP contribution < -0.4 is 11.2 Å². The zero-order chi connectivity index (χ0) is 10.8. The van der Waals surface area contributed by atoms with Crippen molar-refractivity contribution in [3.8, 4) is 0 Å². The molecule has 0 amide bonds. The predicted octanol–water partition coefficient (Wildman–Crippen LogP) is 1.60. The van der Waals surface area contributed by atoms with Crippen LogP contribution in [0.15, 0.2) is 33.5 Å². The lowest BCUT2D eigenvalue weighted by atomic mass is 10.1. The van der Waals surface area contributed by atoms with E-state index in [2.05, 4.69) is 0 Å². The second kappa shape index (κ2) is 3.87. The van der Waals surface area contributed by atoms with E-state index in [1.165, 1.54) is 6.07 Å². The molecule has 0 radical (unpaired) electrons. The van der Waals surface area contributed by atoms with Crippen molar-refractivity contribution >= 4 is 11.0 Å². The Morgan fingerprint density at radius 3 is 2.87 bits per heavy atom. The van der Waals surface area contributed by atoms with Gasteiger partial charge in [-0.2, -0.15) is 0 Å². The van der Waals surface area contributed by atoms with Gasteiger partial charge in [0, 0.05) is 12.5 Å². The Kier molecular flexibility index (Phi) is 2.56. The molecule has 0 aliphatic heterocycles. The Morgan fingerprint density at radius 2 is 2.13 bits per heavy atom. The molecule has 0 aliphatic carbocycles. The van der Waals surface area contributed by atoms with E-state index in [0.29, 0.717) is 29.7 Å². The van der Waals surface area contributed by atoms with E-state index < -0.39 is 0 Å². The highest BCUT2D eigenvalue weighted by molar-refractivity contribution is 5.77. The second-order valence-electron chi connectivity index (χ2n) is 3.62. The molecule has 1 heterocycles. The van der Waals surface area contributed by atoms with Crippen molar-refractivity contribution in [2.45, 2.75) is 13.3 Å². The van der Waals surface area contributed by atoms with E-state index in [-0.39, 0.29) is 5.43 Å². The molecule has 0 spiro atoms. The van der Waals surface area contributed by atoms with Crippen molar-refractivity contribution in [3.05, 3.63) is 45.8 Å². The molecule has 3 heteroatoms. The number of benzene rings is 1. The summed E-state index contributed by atoms with van der Waals surface area (Å²) in [5.41, 5.74) is 7.11. The zero-order valence-electron chi connectivity index (χ0n) is 8.62. The first-order chi connectivity index (χ1) is 7.20. The average Bonchev–Trinajstić information content (AvgIpc) is 2.20. The summed E-state index contributed by atoms with van der Waals surface area (Å²) >= 11 is 0. The molecule has 2 N–H and O–H groups in total. The van der Waals surface area contributed by atoms with Crippen molar-refractivity contribution < 1.29 is 4.42 Å². The quantitative estimate of drug-likeness (QED) is 0.806. The SMILES string of the molecule is Cc1ccc2oc(CCN)cc(=O)c2c1. The molecule has 78 valence electrons. The lowest BCUT2D eigenvalue weighted by Gasteiger charge is -2.01. The highest BCUT2D eigenvalue weighted by atomic mass is 16.3. The molecule has 0 bridgehead atoms. The van der Waals surface area contributed by atoms with E-state index in [9.17, 15) is 4.79 Å². The van der Waals surface area contributed by atoms with Crippen LogP contribution in [0.5, 0.6) is 0 Å². The number of hydrogen-bond donors (Lipinski definition) is 1. The van der Waals surface area contributed by atoms with Gasteiger partial charge < -0.3 is 10.2 Å². The summed E-state index contributed by atoms with van der Waals surface area (Å²) in [6, 6.07) is 7.12. The molecule has 1 aromatic carbocycles. The maximum absolute atomic E-state index is 11.7. The molecule has 0 atom stereocenters. The summed E-state index contributed by atoms with van der Waals surface area (Å²) in [6.07, 6.45) is 0.596. The second-order valence-corrected chi connectivity index (χ2v) is 3.62. The molecule has 1 aromatic heterocycles. The molecular formula is C12H13NO2. The van der Waals surface area contributed by atoms with Crippen molar-refractivity contribution in [2.24, 2.45) is 5.73 Å². The Labute approximate surface area is 87.5 Å². The van der Waals surface area contributed by atoms with Gasteiger partial charge in [-0.1, -0.05) is 11.6 Å². The first-order valence-electron chi connectivity index (χ1n) is 4.94. The summed E-state index contributed by atoms with van der Waals surface area (Å²) in [7, 11) is 0. The van der Waals surface area contributed by atoms with Crippen LogP contribution in [-0.2, 0) is 6.42 Å². The Balaban J connectivity index is 2.67. The third kappa shape index (κ3) is 1.92. The maximum atomic E-state index is 11.7. The molecule has 2 aromatic rings. The predicted molar refractivity (Wildman–Crippen MR) is 60.0 cm³/mol. The summed E-state index contributed by atoms with van der Waals surface area (Å²) < 4.78 is 5.56. The van der Waals surface area contributed by atoms with Gasteiger partial charge in [0.15, 0.2) is 5.43 Å². The van der Waals surface area contributed by atoms with Gasteiger partial charge in [-0.15, -0.1) is 0 Å². The van der Waals surface area contributed by atoms with Crippen molar-refractivity contribution in [3.63, 3.8) is 0 Å². The van der Waals surface area contributed by atoms with Crippen LogP contribution in [0.3, 0.4) is 0 Å².